The van der Waals surface area contributed by atoms with Crippen molar-refractivity contribution in [3.63, 3.8) is 0 Å². The highest BCUT2D eigenvalue weighted by molar-refractivity contribution is 5.77. The van der Waals surface area contributed by atoms with Crippen LogP contribution in [0.25, 0.3) is 11.4 Å². The number of hydrogen-bond acceptors (Lipinski definition) is 0. The molecule has 2 aromatic rings. The number of aromatic amines is 2. The Morgan fingerprint density at radius 2 is 1.14 bits per heavy atom. The summed E-state index contributed by atoms with van der Waals surface area (Å²) in [6, 6.07) is 4.94. The molecule has 3 rings (SSSR count). The van der Waals surface area contributed by atoms with Crippen LogP contribution in [-0.4, -0.2) is 9.97 Å². The molecule has 0 fully saturated rings. The molecular formula is C27H44N2. The lowest BCUT2D eigenvalue weighted by Crippen LogP contribution is -2.31. The number of aryl methyl sites for hydroxylation is 2. The Balaban J connectivity index is 2.06. The minimum Gasteiger partial charge on any atom is -0.357 e. The number of fused-ring (bicyclic) bond motifs is 3. The number of rotatable bonds is 12. The van der Waals surface area contributed by atoms with E-state index in [0.717, 1.165) is 11.8 Å². The molecule has 0 aromatic carbocycles. The van der Waals surface area contributed by atoms with E-state index >= 15 is 0 Å². The Labute approximate surface area is 179 Å². The second kappa shape index (κ2) is 9.58. The van der Waals surface area contributed by atoms with Gasteiger partial charge in [-0.3, -0.25) is 0 Å². The van der Waals surface area contributed by atoms with Crippen LogP contribution in [0.1, 0.15) is 114 Å². The van der Waals surface area contributed by atoms with Gasteiger partial charge in [0.05, 0.1) is 11.4 Å². The topological polar surface area (TPSA) is 31.6 Å². The maximum atomic E-state index is 3.72. The van der Waals surface area contributed by atoms with E-state index in [1.54, 1.807) is 11.1 Å². The number of H-pyrrole nitrogens is 2. The predicted octanol–water partition coefficient (Wildman–Crippen LogP) is 8.44. The van der Waals surface area contributed by atoms with Crippen LogP contribution in [0, 0.1) is 25.7 Å². The fraction of sp³-hybridized carbons (Fsp3) is 0.704. The van der Waals surface area contributed by atoms with Crippen molar-refractivity contribution < 1.29 is 0 Å². The Kier molecular flexibility index (Phi) is 7.35. The molecule has 2 atom stereocenters. The van der Waals surface area contributed by atoms with Crippen molar-refractivity contribution in [3.05, 3.63) is 34.6 Å². The first kappa shape index (κ1) is 22.2. The van der Waals surface area contributed by atoms with Gasteiger partial charge in [-0.15, -0.1) is 0 Å². The van der Waals surface area contributed by atoms with E-state index < -0.39 is 0 Å². The summed E-state index contributed by atoms with van der Waals surface area (Å²) in [7, 11) is 0. The summed E-state index contributed by atoms with van der Waals surface area (Å²) in [5.41, 5.74) is 8.72. The molecule has 1 aliphatic carbocycles. The number of unbranched alkanes of at least 4 members (excludes halogenated alkanes) is 2. The van der Waals surface area contributed by atoms with Crippen molar-refractivity contribution in [2.75, 3.05) is 0 Å². The van der Waals surface area contributed by atoms with Crippen molar-refractivity contribution in [2.24, 2.45) is 11.8 Å². The molecule has 2 unspecified atom stereocenters. The van der Waals surface area contributed by atoms with Crippen LogP contribution >= 0.6 is 0 Å². The molecule has 0 bridgehead atoms. The maximum Gasteiger partial charge on any atom is 0.0666 e. The second-order valence-electron chi connectivity index (χ2n) is 9.81. The zero-order chi connectivity index (χ0) is 21.0. The molecule has 162 valence electrons. The molecule has 0 spiro atoms. The first-order valence-corrected chi connectivity index (χ1v) is 12.4. The molecule has 2 N–H and O–H groups in total. The fourth-order valence-electron chi connectivity index (χ4n) is 5.87. The van der Waals surface area contributed by atoms with Crippen LogP contribution in [0.5, 0.6) is 0 Å². The van der Waals surface area contributed by atoms with Crippen molar-refractivity contribution in [1.29, 1.82) is 0 Å². The largest absolute Gasteiger partial charge is 0.357 e. The molecule has 0 saturated carbocycles. The molecule has 2 nitrogen and oxygen atoms in total. The third kappa shape index (κ3) is 4.37. The third-order valence-electron chi connectivity index (χ3n) is 7.55. The van der Waals surface area contributed by atoms with Gasteiger partial charge in [-0.1, -0.05) is 79.1 Å². The van der Waals surface area contributed by atoms with Gasteiger partial charge in [0.15, 0.2) is 0 Å². The quantitative estimate of drug-likeness (QED) is 0.361. The van der Waals surface area contributed by atoms with Gasteiger partial charge < -0.3 is 9.97 Å². The fourth-order valence-corrected chi connectivity index (χ4v) is 5.87. The van der Waals surface area contributed by atoms with Gasteiger partial charge in [-0.25, -0.2) is 0 Å². The van der Waals surface area contributed by atoms with Gasteiger partial charge in [0.25, 0.3) is 0 Å². The van der Waals surface area contributed by atoms with Gasteiger partial charge >= 0.3 is 0 Å². The smallest absolute Gasteiger partial charge is 0.0666 e. The first-order chi connectivity index (χ1) is 14.0. The Morgan fingerprint density at radius 1 is 0.724 bits per heavy atom. The molecule has 0 amide bonds. The van der Waals surface area contributed by atoms with Crippen LogP contribution < -0.4 is 0 Å². The first-order valence-electron chi connectivity index (χ1n) is 12.4. The van der Waals surface area contributed by atoms with Crippen molar-refractivity contribution in [2.45, 2.75) is 111 Å². The predicted molar refractivity (Wildman–Crippen MR) is 127 cm³/mol. The highest BCUT2D eigenvalue weighted by atomic mass is 14.8. The van der Waals surface area contributed by atoms with Gasteiger partial charge in [-0.05, 0) is 61.8 Å². The van der Waals surface area contributed by atoms with Gasteiger partial charge in [-0.2, -0.15) is 0 Å². The van der Waals surface area contributed by atoms with Crippen LogP contribution in [0.3, 0.4) is 0 Å². The lowest BCUT2D eigenvalue weighted by molar-refractivity contribution is 0.266. The molecule has 1 aliphatic rings. The van der Waals surface area contributed by atoms with E-state index in [-0.39, 0.29) is 5.41 Å². The lowest BCUT2D eigenvalue weighted by atomic mass is 9.65. The van der Waals surface area contributed by atoms with E-state index in [1.807, 2.05) is 0 Å². The van der Waals surface area contributed by atoms with E-state index in [1.165, 1.54) is 87.0 Å². The number of hydrogen-bond donors (Lipinski definition) is 2. The van der Waals surface area contributed by atoms with Gasteiger partial charge in [0.1, 0.15) is 0 Å². The monoisotopic (exact) mass is 396 g/mol. The summed E-state index contributed by atoms with van der Waals surface area (Å²) in [5.74, 6) is 1.62. The SMILES string of the molecule is CCCCC(CC)CC1(CC(CC)CCCC)c2cc(C)[nH]c2-c2[nH]c(C)cc21. The summed E-state index contributed by atoms with van der Waals surface area (Å²) >= 11 is 0. The summed E-state index contributed by atoms with van der Waals surface area (Å²) in [6.45, 7) is 13.9. The summed E-state index contributed by atoms with van der Waals surface area (Å²) in [5, 5.41) is 0. The Hall–Kier alpha value is -1.44. The lowest BCUT2D eigenvalue weighted by Gasteiger charge is -2.37. The van der Waals surface area contributed by atoms with Gasteiger partial charge in [0.2, 0.25) is 0 Å². The molecule has 2 heteroatoms. The molecule has 0 aliphatic heterocycles. The standard InChI is InChI=1S/C27H44N2/c1-7-11-13-21(9-3)17-27(18-22(10-4)14-12-8-2)23-15-19(5)28-25(23)26-24(27)16-20(6)29-26/h15-16,21-22,28-29H,7-14,17-18H2,1-6H3. The Morgan fingerprint density at radius 3 is 1.48 bits per heavy atom. The second-order valence-corrected chi connectivity index (χ2v) is 9.81. The third-order valence-corrected chi connectivity index (χ3v) is 7.55. The zero-order valence-corrected chi connectivity index (χ0v) is 19.9. The van der Waals surface area contributed by atoms with E-state index in [2.05, 4.69) is 63.6 Å². The van der Waals surface area contributed by atoms with Crippen LogP contribution in [0.4, 0.5) is 0 Å². The zero-order valence-electron chi connectivity index (χ0n) is 19.9. The van der Waals surface area contributed by atoms with Crippen molar-refractivity contribution >= 4 is 0 Å². The molecule has 29 heavy (non-hydrogen) atoms. The van der Waals surface area contributed by atoms with E-state index in [0.29, 0.717) is 0 Å². The molecule has 0 saturated heterocycles. The van der Waals surface area contributed by atoms with Crippen LogP contribution in [-0.2, 0) is 5.41 Å². The average Bonchev–Trinajstić information content (AvgIpc) is 3.34. The van der Waals surface area contributed by atoms with Gasteiger partial charge in [0, 0.05) is 16.8 Å². The highest BCUT2D eigenvalue weighted by Crippen LogP contribution is 2.56. The minimum absolute atomic E-state index is 0.184. The minimum atomic E-state index is 0.184. The maximum absolute atomic E-state index is 3.72. The number of aromatic nitrogens is 2. The summed E-state index contributed by atoms with van der Waals surface area (Å²) < 4.78 is 0. The molecule has 2 aromatic heterocycles. The van der Waals surface area contributed by atoms with Crippen LogP contribution in [0.15, 0.2) is 12.1 Å². The van der Waals surface area contributed by atoms with Crippen molar-refractivity contribution in [3.8, 4) is 11.4 Å². The highest BCUT2D eigenvalue weighted by Gasteiger charge is 2.47. The summed E-state index contributed by atoms with van der Waals surface area (Å²) in [6.07, 6.45) is 13.3. The average molecular weight is 397 g/mol. The van der Waals surface area contributed by atoms with E-state index in [4.69, 9.17) is 0 Å². The normalized spacial score (nSPS) is 16.6. The van der Waals surface area contributed by atoms with E-state index in [9.17, 15) is 0 Å². The molecule has 0 radical (unpaired) electrons. The van der Waals surface area contributed by atoms with Crippen molar-refractivity contribution in [1.82, 2.24) is 9.97 Å². The summed E-state index contributed by atoms with van der Waals surface area (Å²) in [4.78, 5) is 7.44. The van der Waals surface area contributed by atoms with Crippen LogP contribution in [0.2, 0.25) is 0 Å². The molecule has 2 heterocycles. The molecular weight excluding hydrogens is 352 g/mol. The number of nitrogens with one attached hydrogen (secondary N) is 2. The Bertz CT molecular complexity index is 712.